The van der Waals surface area contributed by atoms with Crippen molar-refractivity contribution < 1.29 is 111 Å². The molecule has 4 amide bonds. The minimum Gasteiger partial charge on any atom is -0.480 e. The van der Waals surface area contributed by atoms with E-state index in [1.165, 1.54) is 0 Å². The van der Waals surface area contributed by atoms with Crippen molar-refractivity contribution in [2.45, 2.75) is 99.5 Å². The summed E-state index contributed by atoms with van der Waals surface area (Å²) >= 11 is 0. The van der Waals surface area contributed by atoms with Gasteiger partial charge in [0.25, 0.3) is 0 Å². The van der Waals surface area contributed by atoms with E-state index in [0.717, 1.165) is 10.6 Å². The number of nitrogens with two attached hydrogens (primary N) is 2. The zero-order valence-corrected chi connectivity index (χ0v) is 31.5. The Morgan fingerprint density at radius 1 is 0.467 bits per heavy atom. The van der Waals surface area contributed by atoms with E-state index in [4.69, 9.17) is 21.7 Å². The SMILES string of the molecule is N[C@@H](CCCC(=O)N[C@@H](CSSC[C@H](NC(=O)CCC[C@H](N)C(=O)O)C(=O)N[C@H](C(=O)O)C(C(F)(F)F)C(F)(F)F)C(=O)N[C@H](C(=O)O)C(C(F)(F)F)C(F)(F)F)C(=O)O. The molecule has 0 fully saturated rings. The quantitative estimate of drug-likeness (QED) is 0.0348. The molecular weight excluding hydrogens is 904 g/mol. The first-order valence-electron chi connectivity index (χ1n) is 16.3. The number of halogens is 12. The average molecular weight is 941 g/mol. The third-order valence-corrected chi connectivity index (χ3v) is 9.96. The minimum atomic E-state index is -6.33. The molecule has 0 heterocycles. The van der Waals surface area contributed by atoms with E-state index < -0.39 is 145 Å². The summed E-state index contributed by atoms with van der Waals surface area (Å²) < 4.78 is 160. The van der Waals surface area contributed by atoms with Gasteiger partial charge in [0, 0.05) is 24.3 Å². The Labute approximate surface area is 336 Å². The lowest BCUT2D eigenvalue weighted by Gasteiger charge is -2.30. The maximum absolute atomic E-state index is 13.3. The maximum atomic E-state index is 13.3. The molecule has 0 unspecified atom stereocenters. The van der Waals surface area contributed by atoms with Crippen LogP contribution in [0.15, 0.2) is 0 Å². The van der Waals surface area contributed by atoms with Crippen molar-refractivity contribution in [3.05, 3.63) is 0 Å². The largest absolute Gasteiger partial charge is 0.480 e. The fourth-order valence-corrected chi connectivity index (χ4v) is 6.88. The number of hydrogen-bond donors (Lipinski definition) is 10. The van der Waals surface area contributed by atoms with Gasteiger partial charge in [0.1, 0.15) is 36.3 Å². The zero-order chi connectivity index (χ0) is 47.1. The second kappa shape index (κ2) is 23.5. The molecule has 6 atom stereocenters. The lowest BCUT2D eigenvalue weighted by molar-refractivity contribution is -0.291. The van der Waals surface area contributed by atoms with Crippen molar-refractivity contribution >= 4 is 69.1 Å². The Morgan fingerprint density at radius 2 is 0.733 bits per heavy atom. The van der Waals surface area contributed by atoms with Crippen LogP contribution in [0.1, 0.15) is 38.5 Å². The van der Waals surface area contributed by atoms with E-state index in [0.29, 0.717) is 0 Å². The van der Waals surface area contributed by atoms with Gasteiger partial charge in [0.15, 0.2) is 11.8 Å². The van der Waals surface area contributed by atoms with Crippen LogP contribution in [0.5, 0.6) is 0 Å². The number of alkyl halides is 12. The summed E-state index contributed by atoms with van der Waals surface area (Å²) in [6, 6.07) is -15.2. The summed E-state index contributed by atoms with van der Waals surface area (Å²) in [4.78, 5) is 95.8. The molecule has 0 rings (SSSR count). The molecule has 32 heteroatoms. The van der Waals surface area contributed by atoms with Gasteiger partial charge in [-0.1, -0.05) is 21.6 Å². The second-order valence-corrected chi connectivity index (χ2v) is 14.8. The van der Waals surface area contributed by atoms with Crippen molar-refractivity contribution in [3.63, 3.8) is 0 Å². The summed E-state index contributed by atoms with van der Waals surface area (Å²) in [5, 5.41) is 41.7. The van der Waals surface area contributed by atoms with Crippen LogP contribution in [0.25, 0.3) is 0 Å². The number of carboxylic acids is 4. The van der Waals surface area contributed by atoms with Gasteiger partial charge in [-0.3, -0.25) is 28.8 Å². The van der Waals surface area contributed by atoms with Gasteiger partial charge < -0.3 is 53.2 Å². The van der Waals surface area contributed by atoms with E-state index in [1.807, 2.05) is 10.6 Å². The molecule has 0 spiro atoms. The van der Waals surface area contributed by atoms with Crippen molar-refractivity contribution in [1.29, 1.82) is 0 Å². The molecule has 0 aromatic rings. The normalized spacial score (nSPS) is 15.5. The van der Waals surface area contributed by atoms with Crippen molar-refractivity contribution in [1.82, 2.24) is 21.3 Å². The highest BCUT2D eigenvalue weighted by Crippen LogP contribution is 2.43. The molecule has 60 heavy (non-hydrogen) atoms. The van der Waals surface area contributed by atoms with E-state index in [-0.39, 0.29) is 47.3 Å². The Hall–Kier alpha value is -4.46. The molecule has 18 nitrogen and oxygen atoms in total. The summed E-state index contributed by atoms with van der Waals surface area (Å²) in [5.74, 6) is -26.7. The summed E-state index contributed by atoms with van der Waals surface area (Å²) in [5.41, 5.74) is 10.6. The standard InChI is InChI=1S/C28H36F12N6O12S2/c29-25(30,31)17(26(32,33)34)15(23(55)56)45-19(49)11(43-13(47)5-1-3-9(41)21(51)52)7-59-60-8-12(44-14(48)6-2-4-10(42)22(53)54)20(50)46-16(24(57)58)18(27(35,36)37)28(38,39)40/h9-12,15-18H,1-8,41-42H2,(H,43,47)(H,44,48)(H,45,49)(H,46,50)(H,51,52)(H,53,54)(H,55,56)(H,57,58)/t9-,10-,11-,12-,15-,16-/m0/s1. The van der Waals surface area contributed by atoms with Crippen LogP contribution in [-0.2, 0) is 38.4 Å². The topological polar surface area (TPSA) is 318 Å². The second-order valence-electron chi connectivity index (χ2n) is 12.3. The van der Waals surface area contributed by atoms with E-state index in [2.05, 4.69) is 0 Å². The summed E-state index contributed by atoms with van der Waals surface area (Å²) in [7, 11) is 0.438. The number of rotatable bonds is 25. The number of aliphatic carboxylic acids is 4. The van der Waals surface area contributed by atoms with Gasteiger partial charge in [0.05, 0.1) is 0 Å². The molecular formula is C28H36F12N6O12S2. The summed E-state index contributed by atoms with van der Waals surface area (Å²) in [6.07, 6.45) is -28.2. The predicted molar refractivity (Wildman–Crippen MR) is 178 cm³/mol. The Kier molecular flexibility index (Phi) is 21.8. The molecule has 0 aromatic carbocycles. The molecule has 0 saturated heterocycles. The van der Waals surface area contributed by atoms with Gasteiger partial charge in [-0.15, -0.1) is 0 Å². The van der Waals surface area contributed by atoms with Gasteiger partial charge in [0.2, 0.25) is 23.6 Å². The van der Waals surface area contributed by atoms with Gasteiger partial charge in [-0.25, -0.2) is 9.59 Å². The van der Waals surface area contributed by atoms with Crippen LogP contribution < -0.4 is 32.7 Å². The number of hydrogen-bond acceptors (Lipinski definition) is 12. The van der Waals surface area contributed by atoms with Gasteiger partial charge >= 0.3 is 48.6 Å². The smallest absolute Gasteiger partial charge is 0.403 e. The third kappa shape index (κ3) is 19.7. The fraction of sp³-hybridized carbons (Fsp3) is 0.714. The molecule has 0 saturated carbocycles. The van der Waals surface area contributed by atoms with E-state index in [1.54, 1.807) is 0 Å². The first-order chi connectivity index (χ1) is 27.1. The highest BCUT2D eigenvalue weighted by molar-refractivity contribution is 8.76. The highest BCUT2D eigenvalue weighted by Gasteiger charge is 2.64. The lowest BCUT2D eigenvalue weighted by atomic mass is 9.98. The first-order valence-corrected chi connectivity index (χ1v) is 18.7. The molecule has 0 aromatic heterocycles. The Bertz CT molecular complexity index is 1400. The lowest BCUT2D eigenvalue weighted by Crippen LogP contribution is -2.60. The van der Waals surface area contributed by atoms with Crippen molar-refractivity contribution in [2.24, 2.45) is 23.3 Å². The molecule has 0 radical (unpaired) electrons. The third-order valence-electron chi connectivity index (χ3n) is 7.53. The first kappa shape index (κ1) is 55.5. The molecule has 346 valence electrons. The molecule has 0 bridgehead atoms. The molecule has 0 aliphatic rings. The number of amides is 4. The van der Waals surface area contributed by atoms with Crippen LogP contribution in [0.3, 0.4) is 0 Å². The minimum absolute atomic E-state index is 0.219. The average Bonchev–Trinajstić information content (AvgIpc) is 3.05. The monoisotopic (exact) mass is 940 g/mol. The fourth-order valence-electron chi connectivity index (χ4n) is 4.55. The number of carbonyl (C=O) groups excluding carboxylic acids is 4. The number of carboxylic acid groups (broad SMARTS) is 4. The van der Waals surface area contributed by atoms with E-state index in [9.17, 15) is 101 Å². The van der Waals surface area contributed by atoms with Crippen LogP contribution in [0.4, 0.5) is 52.7 Å². The van der Waals surface area contributed by atoms with Crippen LogP contribution in [0, 0.1) is 11.8 Å². The van der Waals surface area contributed by atoms with E-state index >= 15 is 0 Å². The van der Waals surface area contributed by atoms with Crippen molar-refractivity contribution in [3.8, 4) is 0 Å². The Morgan fingerprint density at radius 3 is 0.950 bits per heavy atom. The van der Waals surface area contributed by atoms with Gasteiger partial charge in [-0.05, 0) is 25.7 Å². The van der Waals surface area contributed by atoms with Crippen LogP contribution in [-0.4, -0.2) is 140 Å². The predicted octanol–water partition coefficient (Wildman–Crippen LogP) is 1.12. The molecule has 12 N–H and O–H groups in total. The molecule has 0 aliphatic heterocycles. The number of nitrogens with one attached hydrogen (secondary N) is 4. The molecule has 0 aliphatic carbocycles. The number of carbonyl (C=O) groups is 8. The Balaban J connectivity index is 6.55. The van der Waals surface area contributed by atoms with Crippen molar-refractivity contribution in [2.75, 3.05) is 11.5 Å². The maximum Gasteiger partial charge on any atom is 0.403 e. The summed E-state index contributed by atoms with van der Waals surface area (Å²) in [6.45, 7) is 0. The van der Waals surface area contributed by atoms with Gasteiger partial charge in [-0.2, -0.15) is 52.7 Å². The zero-order valence-electron chi connectivity index (χ0n) is 29.8. The van der Waals surface area contributed by atoms with Crippen LogP contribution in [0.2, 0.25) is 0 Å². The van der Waals surface area contributed by atoms with Crippen LogP contribution >= 0.6 is 21.6 Å². The highest BCUT2D eigenvalue weighted by atomic mass is 33.1.